The van der Waals surface area contributed by atoms with E-state index in [1.165, 1.54) is 5.56 Å². The van der Waals surface area contributed by atoms with Crippen molar-refractivity contribution in [3.63, 3.8) is 0 Å². The Labute approximate surface area is 124 Å². The van der Waals surface area contributed by atoms with Crippen LogP contribution in [0.4, 0.5) is 5.69 Å². The Kier molecular flexibility index (Phi) is 3.65. The van der Waals surface area contributed by atoms with Gasteiger partial charge in [0.25, 0.3) is 5.91 Å². The minimum atomic E-state index is -0.440. The normalized spacial score (nSPS) is 16.4. The molecule has 1 heterocycles. The van der Waals surface area contributed by atoms with Crippen LogP contribution < -0.4 is 10.1 Å². The molecule has 1 aliphatic rings. The summed E-state index contributed by atoms with van der Waals surface area (Å²) in [4.78, 5) is 12.3. The van der Waals surface area contributed by atoms with Crippen LogP contribution in [-0.4, -0.2) is 12.0 Å². The third-order valence-corrected chi connectivity index (χ3v) is 3.76. The zero-order valence-corrected chi connectivity index (χ0v) is 12.3. The van der Waals surface area contributed by atoms with Crippen LogP contribution in [0.15, 0.2) is 48.5 Å². The number of carbonyl (C=O) groups excluding carboxylic acids is 1. The smallest absolute Gasteiger partial charge is 0.265 e. The van der Waals surface area contributed by atoms with Crippen LogP contribution in [0.2, 0.25) is 0 Å². The van der Waals surface area contributed by atoms with Gasteiger partial charge in [-0.05, 0) is 35.2 Å². The quantitative estimate of drug-likeness (QED) is 0.930. The first kappa shape index (κ1) is 13.7. The molecule has 0 aromatic heterocycles. The van der Waals surface area contributed by atoms with Crippen LogP contribution in [0.5, 0.6) is 5.75 Å². The molecule has 0 radical (unpaired) electrons. The summed E-state index contributed by atoms with van der Waals surface area (Å²) >= 11 is 0. The summed E-state index contributed by atoms with van der Waals surface area (Å²) in [5, 5.41) is 2.95. The van der Waals surface area contributed by atoms with Crippen LogP contribution in [0.1, 0.15) is 30.9 Å². The van der Waals surface area contributed by atoms with Gasteiger partial charge in [0.15, 0.2) is 6.10 Å². The largest absolute Gasteiger partial charge is 0.480 e. The van der Waals surface area contributed by atoms with Crippen LogP contribution in [0.25, 0.3) is 0 Å². The van der Waals surface area contributed by atoms with Crippen molar-refractivity contribution < 1.29 is 9.53 Å². The standard InChI is InChI=1S/C18H19NO2/c1-12(2)13-7-5-8-15(10-13)19-18(20)17-11-14-6-3-4-9-16(14)21-17/h3-10,12,17H,11H2,1-2H3,(H,19,20). The minimum Gasteiger partial charge on any atom is -0.480 e. The highest BCUT2D eigenvalue weighted by molar-refractivity contribution is 5.95. The Morgan fingerprint density at radius 2 is 2.00 bits per heavy atom. The molecule has 0 aliphatic carbocycles. The van der Waals surface area contributed by atoms with E-state index < -0.39 is 6.10 Å². The Bertz CT molecular complexity index is 639. The number of amides is 1. The number of fused-ring (bicyclic) bond motifs is 1. The molecule has 3 nitrogen and oxygen atoms in total. The lowest BCUT2D eigenvalue weighted by molar-refractivity contribution is -0.122. The van der Waals surface area contributed by atoms with E-state index in [4.69, 9.17) is 4.74 Å². The molecule has 0 fully saturated rings. The summed E-state index contributed by atoms with van der Waals surface area (Å²) in [5.74, 6) is 1.16. The number of hydrogen-bond acceptors (Lipinski definition) is 2. The van der Waals surface area contributed by atoms with Gasteiger partial charge in [0.1, 0.15) is 5.75 Å². The maximum absolute atomic E-state index is 12.3. The second kappa shape index (κ2) is 5.60. The number of hydrogen-bond donors (Lipinski definition) is 1. The molecule has 2 aromatic rings. The summed E-state index contributed by atoms with van der Waals surface area (Å²) in [6.45, 7) is 4.27. The summed E-state index contributed by atoms with van der Waals surface area (Å²) in [7, 11) is 0. The van der Waals surface area contributed by atoms with Gasteiger partial charge >= 0.3 is 0 Å². The first-order valence-corrected chi connectivity index (χ1v) is 7.29. The average molecular weight is 281 g/mol. The van der Waals surface area contributed by atoms with E-state index in [1.807, 2.05) is 42.5 Å². The molecule has 1 N–H and O–H groups in total. The van der Waals surface area contributed by atoms with E-state index in [0.29, 0.717) is 12.3 Å². The van der Waals surface area contributed by atoms with E-state index in [2.05, 4.69) is 25.2 Å². The number of rotatable bonds is 3. The molecule has 0 spiro atoms. The van der Waals surface area contributed by atoms with Crippen molar-refractivity contribution >= 4 is 11.6 Å². The predicted octanol–water partition coefficient (Wildman–Crippen LogP) is 3.75. The maximum atomic E-state index is 12.3. The first-order chi connectivity index (χ1) is 10.1. The topological polar surface area (TPSA) is 38.3 Å². The number of ether oxygens (including phenoxy) is 1. The summed E-state index contributed by atoms with van der Waals surface area (Å²) in [6.07, 6.45) is 0.191. The Hall–Kier alpha value is -2.29. The van der Waals surface area contributed by atoms with Crippen molar-refractivity contribution in [2.75, 3.05) is 5.32 Å². The lowest BCUT2D eigenvalue weighted by Crippen LogP contribution is -2.31. The van der Waals surface area contributed by atoms with E-state index >= 15 is 0 Å². The SMILES string of the molecule is CC(C)c1cccc(NC(=O)C2Cc3ccccc3O2)c1. The number of nitrogens with one attached hydrogen (secondary N) is 1. The molecule has 3 rings (SSSR count). The summed E-state index contributed by atoms with van der Waals surface area (Å²) in [6, 6.07) is 15.8. The molecule has 108 valence electrons. The van der Waals surface area contributed by atoms with Crippen LogP contribution in [-0.2, 0) is 11.2 Å². The molecule has 1 unspecified atom stereocenters. The molecule has 0 bridgehead atoms. The van der Waals surface area contributed by atoms with Gasteiger partial charge < -0.3 is 10.1 Å². The molecule has 3 heteroatoms. The van der Waals surface area contributed by atoms with Crippen molar-refractivity contribution in [3.05, 3.63) is 59.7 Å². The Morgan fingerprint density at radius 1 is 1.19 bits per heavy atom. The molecule has 1 amide bonds. The predicted molar refractivity (Wildman–Crippen MR) is 83.7 cm³/mol. The third-order valence-electron chi connectivity index (χ3n) is 3.76. The summed E-state index contributed by atoms with van der Waals surface area (Å²) < 4.78 is 5.71. The zero-order chi connectivity index (χ0) is 14.8. The van der Waals surface area contributed by atoms with E-state index in [-0.39, 0.29) is 5.91 Å². The number of para-hydroxylation sites is 1. The molecule has 1 atom stereocenters. The molecular formula is C18H19NO2. The van der Waals surface area contributed by atoms with E-state index in [0.717, 1.165) is 17.0 Å². The second-order valence-corrected chi connectivity index (χ2v) is 5.69. The molecule has 21 heavy (non-hydrogen) atoms. The fourth-order valence-corrected chi connectivity index (χ4v) is 2.53. The fraction of sp³-hybridized carbons (Fsp3) is 0.278. The van der Waals surface area contributed by atoms with Gasteiger partial charge in [0.2, 0.25) is 0 Å². The monoisotopic (exact) mass is 281 g/mol. The van der Waals surface area contributed by atoms with Gasteiger partial charge in [-0.3, -0.25) is 4.79 Å². The van der Waals surface area contributed by atoms with Gasteiger partial charge in [-0.15, -0.1) is 0 Å². The zero-order valence-electron chi connectivity index (χ0n) is 12.3. The third kappa shape index (κ3) is 2.92. The summed E-state index contributed by atoms with van der Waals surface area (Å²) in [5.41, 5.74) is 3.13. The van der Waals surface area contributed by atoms with E-state index in [1.54, 1.807) is 0 Å². The van der Waals surface area contributed by atoms with Crippen LogP contribution in [0.3, 0.4) is 0 Å². The molecule has 2 aromatic carbocycles. The Morgan fingerprint density at radius 3 is 2.76 bits per heavy atom. The van der Waals surface area contributed by atoms with Gasteiger partial charge in [-0.2, -0.15) is 0 Å². The average Bonchev–Trinajstić information content (AvgIpc) is 2.91. The van der Waals surface area contributed by atoms with Crippen molar-refractivity contribution in [2.24, 2.45) is 0 Å². The first-order valence-electron chi connectivity index (χ1n) is 7.29. The molecule has 1 aliphatic heterocycles. The fourth-order valence-electron chi connectivity index (χ4n) is 2.53. The van der Waals surface area contributed by atoms with Gasteiger partial charge in [0, 0.05) is 12.1 Å². The van der Waals surface area contributed by atoms with Crippen LogP contribution in [0, 0.1) is 0 Å². The Balaban J connectivity index is 1.69. The van der Waals surface area contributed by atoms with Gasteiger partial charge in [0.05, 0.1) is 0 Å². The highest BCUT2D eigenvalue weighted by atomic mass is 16.5. The lowest BCUT2D eigenvalue weighted by atomic mass is 10.0. The van der Waals surface area contributed by atoms with Crippen LogP contribution >= 0.6 is 0 Å². The molecular weight excluding hydrogens is 262 g/mol. The van der Waals surface area contributed by atoms with Crippen molar-refractivity contribution in [2.45, 2.75) is 32.3 Å². The lowest BCUT2D eigenvalue weighted by Gasteiger charge is -2.13. The minimum absolute atomic E-state index is 0.0906. The highest BCUT2D eigenvalue weighted by Crippen LogP contribution is 2.28. The highest BCUT2D eigenvalue weighted by Gasteiger charge is 2.28. The van der Waals surface area contributed by atoms with Gasteiger partial charge in [-0.1, -0.05) is 44.2 Å². The maximum Gasteiger partial charge on any atom is 0.265 e. The van der Waals surface area contributed by atoms with Crippen molar-refractivity contribution in [3.8, 4) is 5.75 Å². The molecule has 0 saturated carbocycles. The van der Waals surface area contributed by atoms with Crippen molar-refractivity contribution in [1.82, 2.24) is 0 Å². The number of anilines is 1. The second-order valence-electron chi connectivity index (χ2n) is 5.69. The van der Waals surface area contributed by atoms with E-state index in [9.17, 15) is 4.79 Å². The van der Waals surface area contributed by atoms with Gasteiger partial charge in [-0.25, -0.2) is 0 Å². The molecule has 0 saturated heterocycles. The van der Waals surface area contributed by atoms with Crippen molar-refractivity contribution in [1.29, 1.82) is 0 Å². The number of benzene rings is 2. The number of carbonyl (C=O) groups is 1.